The topological polar surface area (TPSA) is 30.9 Å². The summed E-state index contributed by atoms with van der Waals surface area (Å²) in [7, 11) is 0. The molecule has 3 rings (SSSR count). The van der Waals surface area contributed by atoms with Crippen LogP contribution in [-0.4, -0.2) is 28.6 Å². The highest BCUT2D eigenvalue weighted by atomic mass is 35.5. The van der Waals surface area contributed by atoms with Crippen LogP contribution in [0, 0.1) is 24.4 Å². The van der Waals surface area contributed by atoms with Crippen LogP contribution in [0.2, 0.25) is 5.02 Å². The van der Waals surface area contributed by atoms with E-state index in [2.05, 4.69) is 10.3 Å². The number of hydrogen-bond acceptors (Lipinski definition) is 3. The fourth-order valence-corrected chi connectivity index (χ4v) is 4.23. The summed E-state index contributed by atoms with van der Waals surface area (Å²) in [6, 6.07) is 6.43. The van der Waals surface area contributed by atoms with Crippen LogP contribution in [0.25, 0.3) is 0 Å². The second kappa shape index (κ2) is 10.3. The third-order valence-corrected chi connectivity index (χ3v) is 6.35. The number of benzene rings is 2. The molecule has 0 amide bonds. The number of thiocarbonyl (C=S) groups is 1. The molecule has 1 aliphatic heterocycles. The molecule has 2 aromatic carbocycles. The molecule has 0 fully saturated rings. The number of hydrogen-bond donors (Lipinski definition) is 1. The number of rotatable bonds is 5. The van der Waals surface area contributed by atoms with Crippen LogP contribution < -0.4 is 10.4 Å². The van der Waals surface area contributed by atoms with Crippen molar-refractivity contribution < 1.29 is 17.7 Å². The molecule has 0 radical (unpaired) electrons. The third-order valence-electron chi connectivity index (χ3n) is 5.81. The smallest absolute Gasteiger partial charge is 0.237 e. The normalized spacial score (nSPS) is 16.6. The van der Waals surface area contributed by atoms with Gasteiger partial charge in [0.05, 0.1) is 12.6 Å². The van der Waals surface area contributed by atoms with Crippen molar-refractivity contribution in [1.82, 2.24) is 4.90 Å². The number of nitrogens with one attached hydrogen (secondary N) is 1. The molecule has 0 saturated carbocycles. The molecule has 2 unspecified atom stereocenters. The van der Waals surface area contributed by atoms with E-state index in [0.717, 1.165) is 6.92 Å². The maximum atomic E-state index is 15.7. The van der Waals surface area contributed by atoms with Crippen LogP contribution in [0.15, 0.2) is 29.3 Å². The Balaban J connectivity index is 2.02. The first-order valence-electron chi connectivity index (χ1n) is 10.6. The first-order chi connectivity index (χ1) is 15.6. The number of nitrogens with zero attached hydrogens (tertiary/aromatic N) is 3. The van der Waals surface area contributed by atoms with E-state index < -0.39 is 34.6 Å². The number of aliphatic imine (C=N–C) groups is 1. The maximum Gasteiger partial charge on any atom is 0.237 e. The van der Waals surface area contributed by atoms with Crippen LogP contribution in [0.3, 0.4) is 0 Å². The fourth-order valence-electron chi connectivity index (χ4n) is 3.69. The molecule has 10 heteroatoms. The zero-order valence-corrected chi connectivity index (χ0v) is 20.3. The molecule has 2 atom stereocenters. The van der Waals surface area contributed by atoms with Crippen LogP contribution in [0.1, 0.15) is 50.7 Å². The minimum absolute atomic E-state index is 0.0878. The average Bonchev–Trinajstić information content (AvgIpc) is 3.22. The summed E-state index contributed by atoms with van der Waals surface area (Å²) in [6.45, 7) is 6.53. The van der Waals surface area contributed by atoms with E-state index in [4.69, 9.17) is 23.8 Å². The van der Waals surface area contributed by atoms with E-state index in [1.54, 1.807) is 38.1 Å². The van der Waals surface area contributed by atoms with Gasteiger partial charge < -0.3 is 5.32 Å². The summed E-state index contributed by atoms with van der Waals surface area (Å²) in [5.74, 6) is -4.57. The molecule has 0 saturated heterocycles. The highest BCUT2D eigenvalue weighted by Gasteiger charge is 2.38. The Labute approximate surface area is 201 Å². The molecule has 178 valence electrons. The van der Waals surface area contributed by atoms with Gasteiger partial charge in [0.1, 0.15) is 5.82 Å². The minimum Gasteiger partial charge on any atom is -0.332 e. The predicted octanol–water partition coefficient (Wildman–Crippen LogP) is 7.12. The third kappa shape index (κ3) is 4.80. The van der Waals surface area contributed by atoms with Crippen molar-refractivity contribution >= 4 is 46.3 Å². The summed E-state index contributed by atoms with van der Waals surface area (Å²) in [4.78, 5) is 5.54. The first kappa shape index (κ1) is 25.2. The van der Waals surface area contributed by atoms with Crippen molar-refractivity contribution in [1.29, 1.82) is 0 Å². The molecule has 1 N–H and O–H groups in total. The molecular formula is C23H25ClF4N4S. The largest absolute Gasteiger partial charge is 0.332 e. The minimum atomic E-state index is -1.32. The van der Waals surface area contributed by atoms with Gasteiger partial charge in [0.25, 0.3) is 0 Å². The van der Waals surface area contributed by atoms with Gasteiger partial charge in [-0.2, -0.15) is 0 Å². The van der Waals surface area contributed by atoms with E-state index in [9.17, 15) is 8.78 Å². The van der Waals surface area contributed by atoms with Gasteiger partial charge in [0, 0.05) is 21.8 Å². The van der Waals surface area contributed by atoms with Crippen molar-refractivity contribution in [2.24, 2.45) is 4.99 Å². The van der Waals surface area contributed by atoms with Gasteiger partial charge in [0.15, 0.2) is 22.4 Å². The number of halogens is 5. The Kier molecular flexibility index (Phi) is 7.84. The molecule has 1 heterocycles. The van der Waals surface area contributed by atoms with E-state index in [0.29, 0.717) is 23.6 Å². The maximum absolute atomic E-state index is 15.7. The molecule has 33 heavy (non-hydrogen) atoms. The standard InChI is InChI=1S/C23H25ClF4N4S/c1-5-12(3)17-18(25)13(4)19(26)21(20(17)27)32(28)22-29-11-16(6-2)31(22)23(33)30-15-9-7-8-14(24)10-15/h7-10,12,16H,5-6,11H2,1-4H3,(H,30,33). The SMILES string of the molecule is CCC(C)c1c(F)c(C)c(F)c(N(F)C2=NCC(CC)N2C(=S)Nc2cccc(Cl)c2)c1F. The van der Waals surface area contributed by atoms with Crippen LogP contribution in [0.5, 0.6) is 0 Å². The molecule has 1 aliphatic rings. The van der Waals surface area contributed by atoms with Gasteiger partial charge in [-0.15, -0.1) is 5.12 Å². The summed E-state index contributed by atoms with van der Waals surface area (Å²) >= 11 is 11.5. The Morgan fingerprint density at radius 3 is 2.58 bits per heavy atom. The predicted molar refractivity (Wildman–Crippen MR) is 129 cm³/mol. The van der Waals surface area contributed by atoms with E-state index in [1.165, 1.54) is 4.90 Å². The fraction of sp³-hybridized carbons (Fsp3) is 0.391. The Morgan fingerprint density at radius 1 is 1.27 bits per heavy atom. The highest BCUT2D eigenvalue weighted by Crippen LogP contribution is 2.37. The summed E-state index contributed by atoms with van der Waals surface area (Å²) in [5.41, 5.74) is -1.25. The van der Waals surface area contributed by atoms with Crippen LogP contribution in [0.4, 0.5) is 29.0 Å². The second-order valence-corrected chi connectivity index (χ2v) is 8.76. The quantitative estimate of drug-likeness (QED) is 0.269. The lowest BCUT2D eigenvalue weighted by Crippen LogP contribution is -2.48. The monoisotopic (exact) mass is 500 g/mol. The van der Waals surface area contributed by atoms with Gasteiger partial charge in [-0.1, -0.05) is 42.9 Å². The summed E-state index contributed by atoms with van der Waals surface area (Å²) in [6.07, 6.45) is 0.937. The zero-order valence-electron chi connectivity index (χ0n) is 18.7. The molecule has 0 spiro atoms. The van der Waals surface area contributed by atoms with E-state index >= 15 is 8.87 Å². The Hall–Kier alpha value is -2.39. The molecular weight excluding hydrogens is 476 g/mol. The van der Waals surface area contributed by atoms with Crippen molar-refractivity contribution in [3.63, 3.8) is 0 Å². The van der Waals surface area contributed by atoms with Gasteiger partial charge in [-0.3, -0.25) is 4.90 Å². The summed E-state index contributed by atoms with van der Waals surface area (Å²) in [5, 5.41) is 3.35. The van der Waals surface area contributed by atoms with Gasteiger partial charge in [0.2, 0.25) is 5.96 Å². The van der Waals surface area contributed by atoms with Gasteiger partial charge in [-0.05, 0) is 56.1 Å². The number of anilines is 2. The second-order valence-electron chi connectivity index (χ2n) is 7.93. The van der Waals surface area contributed by atoms with Crippen LogP contribution in [-0.2, 0) is 0 Å². The molecule has 4 nitrogen and oxygen atoms in total. The van der Waals surface area contributed by atoms with Crippen molar-refractivity contribution in [3.8, 4) is 0 Å². The van der Waals surface area contributed by atoms with Crippen molar-refractivity contribution in [2.45, 2.75) is 52.5 Å². The van der Waals surface area contributed by atoms with Gasteiger partial charge in [-0.25, -0.2) is 18.2 Å². The Bertz CT molecular complexity index is 1090. The molecule has 2 aromatic rings. The van der Waals surface area contributed by atoms with Crippen LogP contribution >= 0.6 is 23.8 Å². The molecule has 0 aliphatic carbocycles. The summed E-state index contributed by atoms with van der Waals surface area (Å²) < 4.78 is 60.7. The Morgan fingerprint density at radius 2 is 1.97 bits per heavy atom. The molecule has 0 aromatic heterocycles. The zero-order chi connectivity index (χ0) is 24.4. The first-order valence-corrected chi connectivity index (χ1v) is 11.4. The number of guanidine groups is 1. The lowest BCUT2D eigenvalue weighted by molar-refractivity contribution is 0.417. The van der Waals surface area contributed by atoms with Crippen molar-refractivity contribution in [3.05, 3.63) is 57.9 Å². The lowest BCUT2D eigenvalue weighted by Gasteiger charge is -2.30. The van der Waals surface area contributed by atoms with Gasteiger partial charge >= 0.3 is 0 Å². The highest BCUT2D eigenvalue weighted by molar-refractivity contribution is 7.80. The van der Waals surface area contributed by atoms with Crippen molar-refractivity contribution in [2.75, 3.05) is 17.0 Å². The lowest BCUT2D eigenvalue weighted by atomic mass is 9.94. The average molecular weight is 501 g/mol. The van der Waals surface area contributed by atoms with E-state index in [-0.39, 0.29) is 34.3 Å². The van der Waals surface area contributed by atoms with E-state index in [1.807, 2.05) is 6.92 Å². The molecule has 0 bridgehead atoms.